The van der Waals surface area contributed by atoms with Gasteiger partial charge in [-0.05, 0) is 0 Å². The Kier molecular flexibility index (Phi) is 122. The Hall–Kier alpha value is 2.86. The molecule has 0 saturated heterocycles. The Morgan fingerprint density at radius 1 is 1.25 bits per heavy atom. The minimum atomic E-state index is 0. The van der Waals surface area contributed by atoms with Gasteiger partial charge in [-0.15, -0.1) is 0 Å². The van der Waals surface area contributed by atoms with Gasteiger partial charge >= 0.3 is 71.5 Å². The van der Waals surface area contributed by atoms with Crippen molar-refractivity contribution in [1.82, 2.24) is 0 Å². The summed E-state index contributed by atoms with van der Waals surface area (Å²) in [6.07, 6.45) is 0. The molecule has 0 aromatic rings. The van der Waals surface area contributed by atoms with E-state index in [1.807, 2.05) is 0 Å². The molecule has 0 aliphatic heterocycles. The number of rotatable bonds is 0. The average molecular weight is 117 g/mol. The Morgan fingerprint density at radius 2 is 1.25 bits per heavy atom. The Balaban J connectivity index is 0. The molecule has 4 heavy (non-hydrogen) atoms. The smallest absolute Gasteiger partial charge is 1.00 e. The molecule has 0 unspecified atom stereocenters. The second-order valence-electron chi connectivity index (χ2n) is 0. The van der Waals surface area contributed by atoms with Gasteiger partial charge in [-0.3, -0.25) is 0 Å². The second-order valence-corrected chi connectivity index (χ2v) is 0. The molecular weight excluding hydrogens is 113 g/mol. The molecule has 0 aliphatic carbocycles. The first-order valence-corrected chi connectivity index (χ1v) is 0. The molecule has 0 fully saturated rings. The van der Waals surface area contributed by atoms with Gasteiger partial charge in [0.25, 0.3) is 0 Å². The van der Waals surface area contributed by atoms with Gasteiger partial charge < -0.3 is 5.71 Å². The molecule has 0 aromatic heterocycles. The molecule has 0 aliphatic rings. The van der Waals surface area contributed by atoms with Crippen LogP contribution < -0.4 is 48.4 Å². The quantitative estimate of drug-likeness (QED) is 0.277. The van der Waals surface area contributed by atoms with E-state index in [0.717, 1.165) is 0 Å². The number of hydrogen-bond donors (Lipinski definition) is 0. The SMILES string of the molecule is [H-].[H-].[H-].[H-].[Li+].[Mg+2].[Na+].[Ni]. The summed E-state index contributed by atoms with van der Waals surface area (Å²) in [7, 11) is 0. The molecule has 18 valence electrons. The predicted molar refractivity (Wildman–Crippen MR) is 10.2 cm³/mol. The summed E-state index contributed by atoms with van der Waals surface area (Å²) < 4.78 is 0. The Bertz CT molecular complexity index is 16.0. The first-order valence-electron chi connectivity index (χ1n) is 0. The van der Waals surface area contributed by atoms with Crippen molar-refractivity contribution in [3.05, 3.63) is 0 Å². The summed E-state index contributed by atoms with van der Waals surface area (Å²) in [5.41, 5.74) is 0. The van der Waals surface area contributed by atoms with Gasteiger partial charge in [0.1, 0.15) is 0 Å². The fourth-order valence-electron chi connectivity index (χ4n) is 0. The zero-order chi connectivity index (χ0) is 0. The van der Waals surface area contributed by atoms with Crippen molar-refractivity contribution in [1.29, 1.82) is 0 Å². The maximum Gasteiger partial charge on any atom is 2.00 e. The van der Waals surface area contributed by atoms with Crippen molar-refractivity contribution < 1.29 is 70.6 Å². The largest absolute Gasteiger partial charge is 2.00 e. The van der Waals surface area contributed by atoms with Crippen LogP contribution in [0.1, 0.15) is 5.71 Å². The van der Waals surface area contributed by atoms with Gasteiger partial charge in [-0.1, -0.05) is 0 Å². The zero-order valence-corrected chi connectivity index (χ0v) is 7.43. The van der Waals surface area contributed by atoms with Crippen molar-refractivity contribution in [3.63, 3.8) is 0 Å². The van der Waals surface area contributed by atoms with Crippen LogP contribution in [0.4, 0.5) is 0 Å². The zero-order valence-electron chi connectivity index (χ0n) is 7.02. The van der Waals surface area contributed by atoms with Crippen LogP contribution in [-0.4, -0.2) is 23.1 Å². The molecule has 0 bridgehead atoms. The normalized spacial score (nSPS) is 0. The van der Waals surface area contributed by atoms with Crippen LogP contribution in [0.25, 0.3) is 0 Å². The third-order valence-corrected chi connectivity index (χ3v) is 0. The summed E-state index contributed by atoms with van der Waals surface area (Å²) in [6.45, 7) is 0. The Morgan fingerprint density at radius 3 is 1.25 bits per heavy atom. The predicted octanol–water partition coefficient (Wildman–Crippen LogP) is -5.93. The molecule has 0 rings (SSSR count). The van der Waals surface area contributed by atoms with E-state index < -0.39 is 0 Å². The van der Waals surface area contributed by atoms with Crippen molar-refractivity contribution >= 4 is 23.1 Å². The van der Waals surface area contributed by atoms with E-state index in [9.17, 15) is 0 Å². The fourth-order valence-corrected chi connectivity index (χ4v) is 0. The Labute approximate surface area is 92.3 Å². The molecule has 0 heterocycles. The average Bonchev–Trinajstić information content (AvgIpc) is 0. The van der Waals surface area contributed by atoms with Gasteiger partial charge in [0.2, 0.25) is 0 Å². The van der Waals surface area contributed by atoms with E-state index in [2.05, 4.69) is 0 Å². The molecular formula is H4LiMgNaNi. The summed E-state index contributed by atoms with van der Waals surface area (Å²) in [5.74, 6) is 0. The van der Waals surface area contributed by atoms with Crippen LogP contribution in [0.3, 0.4) is 0 Å². The van der Waals surface area contributed by atoms with Crippen molar-refractivity contribution in [2.24, 2.45) is 0 Å². The van der Waals surface area contributed by atoms with Gasteiger partial charge in [0.15, 0.2) is 0 Å². The molecule has 0 nitrogen and oxygen atoms in total. The monoisotopic (exact) mass is 116 g/mol. The van der Waals surface area contributed by atoms with Crippen LogP contribution in [0.15, 0.2) is 0 Å². The van der Waals surface area contributed by atoms with E-state index in [4.69, 9.17) is 0 Å². The van der Waals surface area contributed by atoms with E-state index in [1.54, 1.807) is 0 Å². The first kappa shape index (κ1) is 28.8. The van der Waals surface area contributed by atoms with E-state index in [-0.39, 0.29) is 93.7 Å². The van der Waals surface area contributed by atoms with Crippen molar-refractivity contribution in [2.45, 2.75) is 0 Å². The van der Waals surface area contributed by atoms with Gasteiger partial charge in [0, 0.05) is 16.5 Å². The van der Waals surface area contributed by atoms with Crippen molar-refractivity contribution in [3.8, 4) is 0 Å². The third-order valence-electron chi connectivity index (χ3n) is 0. The van der Waals surface area contributed by atoms with E-state index in [1.165, 1.54) is 0 Å². The second kappa shape index (κ2) is 16.9. The molecule has 0 spiro atoms. The van der Waals surface area contributed by atoms with Gasteiger partial charge in [-0.2, -0.15) is 0 Å². The standard InChI is InChI=1S/Li.Mg.Na.Ni.4H/q+1;+2;+1;;4*-1. The van der Waals surface area contributed by atoms with Crippen molar-refractivity contribution in [2.75, 3.05) is 0 Å². The number of hydrogen-bond acceptors (Lipinski definition) is 0. The molecule has 0 radical (unpaired) electrons. The van der Waals surface area contributed by atoms with Gasteiger partial charge in [-0.25, -0.2) is 0 Å². The summed E-state index contributed by atoms with van der Waals surface area (Å²) in [5, 5.41) is 0. The topological polar surface area (TPSA) is 0 Å². The molecule has 0 N–H and O–H groups in total. The molecule has 0 saturated carbocycles. The van der Waals surface area contributed by atoms with Crippen LogP contribution >= 0.6 is 0 Å². The van der Waals surface area contributed by atoms with E-state index in [0.29, 0.717) is 0 Å². The van der Waals surface area contributed by atoms with Crippen LogP contribution in [0.5, 0.6) is 0 Å². The molecule has 4 heteroatoms. The minimum Gasteiger partial charge on any atom is -1.00 e. The first-order chi connectivity index (χ1) is 0. The minimum absolute atomic E-state index is 0. The third kappa shape index (κ3) is 8.85. The summed E-state index contributed by atoms with van der Waals surface area (Å²) in [6, 6.07) is 0. The van der Waals surface area contributed by atoms with Gasteiger partial charge in [0.05, 0.1) is 0 Å². The van der Waals surface area contributed by atoms with Crippen LogP contribution in [0.2, 0.25) is 0 Å². The summed E-state index contributed by atoms with van der Waals surface area (Å²) in [4.78, 5) is 0. The summed E-state index contributed by atoms with van der Waals surface area (Å²) >= 11 is 0. The molecule has 0 aromatic carbocycles. The fraction of sp³-hybridized carbons (Fsp3) is 0. The maximum absolute atomic E-state index is 0. The molecule has 0 atom stereocenters. The van der Waals surface area contributed by atoms with Crippen LogP contribution in [0, 0.1) is 0 Å². The molecule has 0 amide bonds. The maximum atomic E-state index is 0. The van der Waals surface area contributed by atoms with E-state index >= 15 is 0 Å². The van der Waals surface area contributed by atoms with Crippen LogP contribution in [-0.2, 0) is 16.5 Å².